The average molecular weight is 327 g/mol. The summed E-state index contributed by atoms with van der Waals surface area (Å²) in [4.78, 5) is 4.66. The summed E-state index contributed by atoms with van der Waals surface area (Å²) in [5.41, 5.74) is 4.48. The van der Waals surface area contributed by atoms with Crippen molar-refractivity contribution in [2.75, 3.05) is 0 Å². The molecule has 0 unspecified atom stereocenters. The second-order valence-corrected chi connectivity index (χ2v) is 5.39. The maximum Gasteiger partial charge on any atom is 0.392 e. The summed E-state index contributed by atoms with van der Waals surface area (Å²) in [6, 6.07) is 5.98. The molecule has 8 nitrogen and oxygen atoms in total. The van der Waals surface area contributed by atoms with Gasteiger partial charge in [0.25, 0.3) is 5.65 Å². The number of aryl methyl sites for hydroxylation is 2. The van der Waals surface area contributed by atoms with E-state index < -0.39 is 10.2 Å². The Morgan fingerprint density at radius 1 is 1.18 bits per heavy atom. The molecule has 0 atom stereocenters. The Morgan fingerprint density at radius 2 is 1.82 bits per heavy atom. The van der Waals surface area contributed by atoms with Crippen molar-refractivity contribution in [2.45, 2.75) is 27.2 Å². The fourth-order valence-electron chi connectivity index (χ4n) is 2.38. The van der Waals surface area contributed by atoms with E-state index >= 15 is 0 Å². The highest BCUT2D eigenvalue weighted by molar-refractivity contribution is 5.38. The van der Waals surface area contributed by atoms with Gasteiger partial charge < -0.3 is 0 Å². The van der Waals surface area contributed by atoms with Gasteiger partial charge in [-0.3, -0.25) is 0 Å². The summed E-state index contributed by atoms with van der Waals surface area (Å²) < 4.78 is 37.9. The second kappa shape index (κ2) is 6.11. The number of pyridine rings is 1. The Bertz CT molecular complexity index is 807. The lowest BCUT2D eigenvalue weighted by Gasteiger charge is -2.17. The molecule has 0 amide bonds. The molecule has 3 aromatic heterocycles. The van der Waals surface area contributed by atoms with Crippen molar-refractivity contribution in [3.8, 4) is 0 Å². The standard InChI is InChI=1S/C13H15N4.ClHO4/c1-4-11-9(2)14-13-16-8-6-5-7-12(16)15-17(13)10(11)3;2-1(3,4)5/h5-8H,4H2,1-3H3;(H,2,3,4,5)/q+1;/p-1. The van der Waals surface area contributed by atoms with Crippen LogP contribution in [0.4, 0.5) is 0 Å². The maximum absolute atomic E-state index is 8.49. The third-order valence-corrected chi connectivity index (χ3v) is 3.26. The molecule has 0 spiro atoms. The van der Waals surface area contributed by atoms with E-state index in [2.05, 4.69) is 30.9 Å². The Balaban J connectivity index is 0.000000309. The Kier molecular flexibility index (Phi) is 4.59. The SMILES string of the molecule is CCc1c(C)nc2n(nc3cccc[n+]32)c1C.[O-][Cl+3]([O-])([O-])[O-]. The summed E-state index contributed by atoms with van der Waals surface area (Å²) in [5, 5.41) is 4.58. The van der Waals surface area contributed by atoms with Crippen LogP contribution >= 0.6 is 0 Å². The van der Waals surface area contributed by atoms with Crippen LogP contribution in [0.1, 0.15) is 23.9 Å². The van der Waals surface area contributed by atoms with Gasteiger partial charge in [-0.1, -0.05) is 17.5 Å². The zero-order valence-electron chi connectivity index (χ0n) is 12.3. The fourth-order valence-corrected chi connectivity index (χ4v) is 2.38. The minimum absolute atomic E-state index is 0.882. The maximum atomic E-state index is 8.49. The molecular weight excluding hydrogens is 312 g/mol. The van der Waals surface area contributed by atoms with E-state index in [9.17, 15) is 0 Å². The van der Waals surface area contributed by atoms with Gasteiger partial charge in [-0.2, -0.15) is 4.40 Å². The molecule has 9 heteroatoms. The number of hydrogen-bond acceptors (Lipinski definition) is 6. The van der Waals surface area contributed by atoms with E-state index in [4.69, 9.17) is 18.6 Å². The number of nitrogens with zero attached hydrogens (tertiary/aromatic N) is 4. The molecule has 22 heavy (non-hydrogen) atoms. The van der Waals surface area contributed by atoms with Crippen molar-refractivity contribution in [3.63, 3.8) is 0 Å². The molecule has 0 saturated heterocycles. The smallest absolute Gasteiger partial charge is 0.222 e. The first-order chi connectivity index (χ1) is 10.2. The van der Waals surface area contributed by atoms with Crippen LogP contribution in [-0.2, 0) is 6.42 Å². The number of fused-ring (bicyclic) bond motifs is 3. The summed E-state index contributed by atoms with van der Waals surface area (Å²) >= 11 is 0. The van der Waals surface area contributed by atoms with Crippen molar-refractivity contribution in [1.82, 2.24) is 14.6 Å². The van der Waals surface area contributed by atoms with Crippen molar-refractivity contribution in [3.05, 3.63) is 41.3 Å². The van der Waals surface area contributed by atoms with Gasteiger partial charge in [0.05, 0.1) is 6.20 Å². The third-order valence-electron chi connectivity index (χ3n) is 3.26. The van der Waals surface area contributed by atoms with E-state index in [0.29, 0.717) is 0 Å². The molecule has 118 valence electrons. The molecule has 0 radical (unpaired) electrons. The molecule has 0 aromatic carbocycles. The van der Waals surface area contributed by atoms with Gasteiger partial charge >= 0.3 is 5.78 Å². The van der Waals surface area contributed by atoms with Crippen LogP contribution in [0.3, 0.4) is 0 Å². The topological polar surface area (TPSA) is 127 Å². The monoisotopic (exact) mass is 326 g/mol. The summed E-state index contributed by atoms with van der Waals surface area (Å²) in [7, 11) is -4.94. The molecule has 3 rings (SSSR count). The minimum atomic E-state index is -4.94. The van der Waals surface area contributed by atoms with Crippen molar-refractivity contribution in [2.24, 2.45) is 0 Å². The van der Waals surface area contributed by atoms with Crippen LogP contribution in [0.5, 0.6) is 0 Å². The lowest BCUT2D eigenvalue weighted by molar-refractivity contribution is -2.00. The quantitative estimate of drug-likeness (QED) is 0.436. The molecular formula is C13H15ClN4O4. The number of hydrogen-bond donors (Lipinski definition) is 0. The summed E-state index contributed by atoms with van der Waals surface area (Å²) in [5.74, 6) is 0.882. The second-order valence-electron chi connectivity index (χ2n) is 4.63. The van der Waals surface area contributed by atoms with Crippen LogP contribution in [0.2, 0.25) is 0 Å². The summed E-state index contributed by atoms with van der Waals surface area (Å²) in [6.07, 6.45) is 2.98. The van der Waals surface area contributed by atoms with Gasteiger partial charge in [0, 0.05) is 16.7 Å². The van der Waals surface area contributed by atoms with Crippen LogP contribution in [0.25, 0.3) is 11.4 Å². The lowest BCUT2D eigenvalue weighted by Crippen LogP contribution is -2.68. The highest BCUT2D eigenvalue weighted by Gasteiger charge is 2.19. The molecule has 3 heterocycles. The molecule has 0 saturated carbocycles. The van der Waals surface area contributed by atoms with Gasteiger partial charge in [0.15, 0.2) is 0 Å². The zero-order chi connectivity index (χ0) is 16.5. The Labute approximate surface area is 128 Å². The first kappa shape index (κ1) is 16.5. The van der Waals surface area contributed by atoms with E-state index in [1.807, 2.05) is 33.3 Å². The highest BCUT2D eigenvalue weighted by atomic mass is 35.7. The number of halogens is 1. The fraction of sp³-hybridized carbons (Fsp3) is 0.308. The molecule has 0 aliphatic heterocycles. The Morgan fingerprint density at radius 3 is 2.41 bits per heavy atom. The van der Waals surface area contributed by atoms with E-state index in [-0.39, 0.29) is 0 Å². The van der Waals surface area contributed by atoms with E-state index in [0.717, 1.165) is 23.5 Å². The minimum Gasteiger partial charge on any atom is -0.222 e. The van der Waals surface area contributed by atoms with Gasteiger partial charge in [-0.15, -0.1) is 15.2 Å². The first-order valence-corrected chi connectivity index (χ1v) is 7.72. The van der Waals surface area contributed by atoms with Gasteiger partial charge in [0.1, 0.15) is 11.4 Å². The van der Waals surface area contributed by atoms with Crippen molar-refractivity contribution < 1.29 is 33.3 Å². The Hall–Kier alpha value is -1.84. The van der Waals surface area contributed by atoms with Gasteiger partial charge in [-0.05, 0) is 26.3 Å². The largest absolute Gasteiger partial charge is 0.392 e. The van der Waals surface area contributed by atoms with Crippen LogP contribution < -0.4 is 23.0 Å². The van der Waals surface area contributed by atoms with E-state index in [1.54, 1.807) is 0 Å². The normalized spacial score (nSPS) is 11.6. The van der Waals surface area contributed by atoms with Crippen molar-refractivity contribution >= 4 is 11.4 Å². The average Bonchev–Trinajstić information content (AvgIpc) is 2.77. The zero-order valence-corrected chi connectivity index (χ0v) is 13.1. The molecule has 0 aliphatic carbocycles. The predicted molar refractivity (Wildman–Crippen MR) is 65.0 cm³/mol. The van der Waals surface area contributed by atoms with Crippen LogP contribution in [-0.4, -0.2) is 14.6 Å². The van der Waals surface area contributed by atoms with Gasteiger partial charge in [-0.25, -0.2) is 18.6 Å². The lowest BCUT2D eigenvalue weighted by atomic mass is 10.1. The van der Waals surface area contributed by atoms with Crippen LogP contribution in [0, 0.1) is 24.1 Å². The molecule has 0 N–H and O–H groups in total. The third kappa shape index (κ3) is 3.49. The first-order valence-electron chi connectivity index (χ1n) is 6.49. The molecule has 3 aromatic rings. The molecule has 0 fully saturated rings. The molecule has 0 aliphatic rings. The van der Waals surface area contributed by atoms with E-state index in [1.165, 1.54) is 11.3 Å². The predicted octanol–water partition coefficient (Wildman–Crippen LogP) is -3.11. The summed E-state index contributed by atoms with van der Waals surface area (Å²) in [6.45, 7) is 6.32. The number of aromatic nitrogens is 4. The van der Waals surface area contributed by atoms with Crippen molar-refractivity contribution in [1.29, 1.82) is 0 Å². The van der Waals surface area contributed by atoms with Gasteiger partial charge in [0.2, 0.25) is 0 Å². The van der Waals surface area contributed by atoms with Crippen LogP contribution in [0.15, 0.2) is 24.4 Å². The highest BCUT2D eigenvalue weighted by Crippen LogP contribution is 2.13. The molecule has 0 bridgehead atoms. The number of rotatable bonds is 1.